The summed E-state index contributed by atoms with van der Waals surface area (Å²) in [5.74, 6) is 0.320. The predicted molar refractivity (Wildman–Crippen MR) is 53.2 cm³/mol. The molecule has 1 rings (SSSR count). The van der Waals surface area contributed by atoms with Gasteiger partial charge in [-0.15, -0.1) is 0 Å². The Morgan fingerprint density at radius 2 is 2.21 bits per heavy atom. The second-order valence-electron chi connectivity index (χ2n) is 3.74. The summed E-state index contributed by atoms with van der Waals surface area (Å²) in [6.45, 7) is 3.37. The van der Waals surface area contributed by atoms with E-state index in [1.807, 2.05) is 0 Å². The zero-order valence-electron chi connectivity index (χ0n) is 8.49. The number of hydrogen-bond donors (Lipinski definition) is 1. The van der Waals surface area contributed by atoms with E-state index < -0.39 is 10.0 Å². The highest BCUT2D eigenvalue weighted by Gasteiger charge is 2.24. The molecule has 14 heavy (non-hydrogen) atoms. The summed E-state index contributed by atoms with van der Waals surface area (Å²) in [6.07, 6.45) is 2.02. The van der Waals surface area contributed by atoms with Gasteiger partial charge in [0.15, 0.2) is 0 Å². The maximum atomic E-state index is 11.0. The number of likely N-dealkylation sites (tertiary alicyclic amines) is 1. The second kappa shape index (κ2) is 4.27. The fourth-order valence-electron chi connectivity index (χ4n) is 1.55. The molecule has 0 aromatic heterocycles. The quantitative estimate of drug-likeness (QED) is 0.691. The van der Waals surface area contributed by atoms with Crippen molar-refractivity contribution in [3.05, 3.63) is 0 Å². The van der Waals surface area contributed by atoms with Crippen LogP contribution in [0.25, 0.3) is 0 Å². The normalized spacial score (nSPS) is 22.7. The number of rotatable bonds is 3. The van der Waals surface area contributed by atoms with Crippen LogP contribution in [0.3, 0.4) is 0 Å². The van der Waals surface area contributed by atoms with Crippen LogP contribution in [0.2, 0.25) is 0 Å². The molecule has 1 heterocycles. The Hall–Kier alpha value is -0.620. The summed E-state index contributed by atoms with van der Waals surface area (Å²) >= 11 is 0. The fraction of sp³-hybridized carbons (Fsp3) is 0.875. The van der Waals surface area contributed by atoms with Crippen molar-refractivity contribution in [1.82, 2.24) is 9.62 Å². The van der Waals surface area contributed by atoms with Crippen LogP contribution in [-0.2, 0) is 14.8 Å². The Kier molecular flexibility index (Phi) is 3.49. The molecule has 0 unspecified atom stereocenters. The first kappa shape index (κ1) is 11.5. The summed E-state index contributed by atoms with van der Waals surface area (Å²) in [6, 6.07) is 0. The average Bonchev–Trinajstić information content (AvgIpc) is 2.47. The maximum Gasteiger partial charge on any atom is 0.219 e. The molecule has 0 aromatic carbocycles. The molecule has 1 fully saturated rings. The van der Waals surface area contributed by atoms with Gasteiger partial charge in [0.1, 0.15) is 0 Å². The molecule has 1 saturated heterocycles. The molecule has 0 bridgehead atoms. The summed E-state index contributed by atoms with van der Waals surface area (Å²) in [4.78, 5) is 12.7. The fourth-order valence-corrected chi connectivity index (χ4v) is 2.09. The third-order valence-corrected chi connectivity index (χ3v) is 3.06. The molecule has 1 aliphatic rings. The molecular weight excluding hydrogens is 204 g/mol. The highest BCUT2D eigenvalue weighted by Crippen LogP contribution is 2.15. The molecule has 0 spiro atoms. The van der Waals surface area contributed by atoms with Gasteiger partial charge in [-0.25, -0.2) is 13.1 Å². The lowest BCUT2D eigenvalue weighted by Gasteiger charge is -2.13. The van der Waals surface area contributed by atoms with Crippen molar-refractivity contribution >= 4 is 15.9 Å². The van der Waals surface area contributed by atoms with Crippen LogP contribution < -0.4 is 4.72 Å². The zero-order valence-corrected chi connectivity index (χ0v) is 9.30. The molecule has 1 N–H and O–H groups in total. The molecule has 1 aliphatic heterocycles. The van der Waals surface area contributed by atoms with Gasteiger partial charge in [-0.3, -0.25) is 4.79 Å². The van der Waals surface area contributed by atoms with E-state index in [1.165, 1.54) is 6.92 Å². The minimum atomic E-state index is -3.10. The van der Waals surface area contributed by atoms with Crippen LogP contribution in [0.1, 0.15) is 13.3 Å². The van der Waals surface area contributed by atoms with Gasteiger partial charge in [-0.1, -0.05) is 0 Å². The molecule has 5 nitrogen and oxygen atoms in total. The molecule has 0 aromatic rings. The molecule has 0 saturated carbocycles. The van der Waals surface area contributed by atoms with Crippen molar-refractivity contribution in [2.45, 2.75) is 13.3 Å². The third kappa shape index (κ3) is 3.63. The first-order valence-electron chi connectivity index (χ1n) is 4.58. The highest BCUT2D eigenvalue weighted by atomic mass is 32.2. The van der Waals surface area contributed by atoms with E-state index in [9.17, 15) is 13.2 Å². The zero-order chi connectivity index (χ0) is 10.8. The van der Waals surface area contributed by atoms with Crippen LogP contribution in [0, 0.1) is 5.92 Å². The van der Waals surface area contributed by atoms with E-state index in [2.05, 4.69) is 4.72 Å². The molecule has 82 valence electrons. The lowest BCUT2D eigenvalue weighted by molar-refractivity contribution is -0.127. The minimum Gasteiger partial charge on any atom is -0.343 e. The number of carbonyl (C=O) groups is 1. The maximum absolute atomic E-state index is 11.0. The van der Waals surface area contributed by atoms with Crippen molar-refractivity contribution in [3.63, 3.8) is 0 Å². The van der Waals surface area contributed by atoms with Crippen LogP contribution >= 0.6 is 0 Å². The third-order valence-electron chi connectivity index (χ3n) is 2.37. The summed E-state index contributed by atoms with van der Waals surface area (Å²) in [5.41, 5.74) is 0. The van der Waals surface area contributed by atoms with E-state index in [-0.39, 0.29) is 11.8 Å². The van der Waals surface area contributed by atoms with Gasteiger partial charge < -0.3 is 4.90 Å². The van der Waals surface area contributed by atoms with E-state index >= 15 is 0 Å². The first-order valence-corrected chi connectivity index (χ1v) is 6.48. The Morgan fingerprint density at radius 1 is 1.57 bits per heavy atom. The Bertz CT molecular complexity index is 313. The van der Waals surface area contributed by atoms with E-state index in [0.29, 0.717) is 13.1 Å². The summed E-state index contributed by atoms with van der Waals surface area (Å²) < 4.78 is 24.1. The monoisotopic (exact) mass is 220 g/mol. The van der Waals surface area contributed by atoms with Gasteiger partial charge in [0.25, 0.3) is 0 Å². The highest BCUT2D eigenvalue weighted by molar-refractivity contribution is 7.88. The Labute approximate surface area is 84.5 Å². The van der Waals surface area contributed by atoms with Crippen LogP contribution in [0.4, 0.5) is 0 Å². The van der Waals surface area contributed by atoms with Crippen molar-refractivity contribution < 1.29 is 13.2 Å². The molecule has 6 heteroatoms. The number of nitrogens with one attached hydrogen (secondary N) is 1. The second-order valence-corrected chi connectivity index (χ2v) is 5.57. The number of nitrogens with zero attached hydrogens (tertiary/aromatic N) is 1. The van der Waals surface area contributed by atoms with E-state index in [1.54, 1.807) is 4.90 Å². The Balaban J connectivity index is 2.33. The lowest BCUT2D eigenvalue weighted by Crippen LogP contribution is -2.31. The van der Waals surface area contributed by atoms with Crippen molar-refractivity contribution in [1.29, 1.82) is 0 Å². The smallest absolute Gasteiger partial charge is 0.219 e. The van der Waals surface area contributed by atoms with Crippen LogP contribution in [0.5, 0.6) is 0 Å². The molecule has 0 radical (unpaired) electrons. The molecular formula is C8H16N2O3S. The largest absolute Gasteiger partial charge is 0.343 e. The van der Waals surface area contributed by atoms with Gasteiger partial charge >= 0.3 is 0 Å². The van der Waals surface area contributed by atoms with Gasteiger partial charge in [-0.2, -0.15) is 0 Å². The topological polar surface area (TPSA) is 66.5 Å². The Morgan fingerprint density at radius 3 is 2.64 bits per heavy atom. The van der Waals surface area contributed by atoms with Gasteiger partial charge in [0, 0.05) is 26.6 Å². The molecule has 0 aliphatic carbocycles. The van der Waals surface area contributed by atoms with Gasteiger partial charge in [0.05, 0.1) is 6.26 Å². The number of hydrogen-bond acceptors (Lipinski definition) is 3. The lowest BCUT2D eigenvalue weighted by atomic mass is 10.1. The minimum absolute atomic E-state index is 0.0619. The number of sulfonamides is 1. The SMILES string of the molecule is CC(=O)N1CC[C@H](CNS(C)(=O)=O)C1. The van der Waals surface area contributed by atoms with Gasteiger partial charge in [0.2, 0.25) is 15.9 Å². The summed E-state index contributed by atoms with van der Waals surface area (Å²) in [7, 11) is -3.10. The predicted octanol–water partition coefficient (Wildman–Crippen LogP) is -0.596. The van der Waals surface area contributed by atoms with Crippen LogP contribution in [-0.4, -0.2) is 45.1 Å². The first-order chi connectivity index (χ1) is 6.38. The standard InChI is InChI=1S/C8H16N2O3S/c1-7(11)10-4-3-8(6-10)5-9-14(2,12)13/h8-9H,3-6H2,1-2H3/t8-/m1/s1. The van der Waals surface area contributed by atoms with Crippen molar-refractivity contribution in [2.75, 3.05) is 25.9 Å². The van der Waals surface area contributed by atoms with Gasteiger partial charge in [-0.05, 0) is 12.3 Å². The average molecular weight is 220 g/mol. The van der Waals surface area contributed by atoms with Crippen molar-refractivity contribution in [3.8, 4) is 0 Å². The molecule has 1 atom stereocenters. The van der Waals surface area contributed by atoms with Crippen molar-refractivity contribution in [2.24, 2.45) is 5.92 Å². The summed E-state index contributed by atoms with van der Waals surface area (Å²) in [5, 5.41) is 0. The van der Waals surface area contributed by atoms with Crippen LogP contribution in [0.15, 0.2) is 0 Å². The number of carbonyl (C=O) groups excluding carboxylic acids is 1. The van der Waals surface area contributed by atoms with E-state index in [0.717, 1.165) is 19.2 Å². The number of amides is 1. The molecule has 1 amide bonds. The van der Waals surface area contributed by atoms with E-state index in [4.69, 9.17) is 0 Å².